The molecule has 1 heterocycles. The van der Waals surface area contributed by atoms with Gasteiger partial charge in [-0.15, -0.1) is 0 Å². The van der Waals surface area contributed by atoms with Gasteiger partial charge in [-0.3, -0.25) is 4.99 Å². The average molecular weight is 426 g/mol. The minimum Gasteiger partial charge on any atom is -0.355 e. The predicted octanol–water partition coefficient (Wildman–Crippen LogP) is 2.63. The minimum atomic E-state index is -3.33. The summed E-state index contributed by atoms with van der Waals surface area (Å²) in [6, 6.07) is 18.5. The van der Waals surface area contributed by atoms with Crippen molar-refractivity contribution >= 4 is 15.8 Å². The number of aromatic nitrogens is 2. The Morgan fingerprint density at radius 1 is 1.03 bits per heavy atom. The van der Waals surface area contributed by atoms with Crippen LogP contribution in [-0.4, -0.2) is 43.5 Å². The van der Waals surface area contributed by atoms with Crippen LogP contribution < -0.4 is 10.6 Å². The van der Waals surface area contributed by atoms with Gasteiger partial charge in [0.15, 0.2) is 15.8 Å². The molecule has 0 fully saturated rings. The van der Waals surface area contributed by atoms with Crippen molar-refractivity contribution in [2.45, 2.75) is 25.3 Å². The molecule has 0 aliphatic rings. The van der Waals surface area contributed by atoms with Crippen molar-refractivity contribution in [2.24, 2.45) is 4.99 Å². The van der Waals surface area contributed by atoms with Gasteiger partial charge in [0.1, 0.15) is 0 Å². The molecular formula is C22H27N5O2S. The third-order valence-corrected chi connectivity index (χ3v) is 6.40. The number of rotatable bonds is 7. The number of nitrogens with one attached hydrogen (secondary N) is 2. The molecule has 0 bridgehead atoms. The van der Waals surface area contributed by atoms with Gasteiger partial charge < -0.3 is 10.6 Å². The van der Waals surface area contributed by atoms with Crippen molar-refractivity contribution in [3.05, 3.63) is 77.6 Å². The molecule has 0 amide bonds. The molecular weight excluding hydrogens is 398 g/mol. The molecule has 158 valence electrons. The van der Waals surface area contributed by atoms with Crippen LogP contribution in [-0.2, 0) is 16.4 Å². The summed E-state index contributed by atoms with van der Waals surface area (Å²) in [5, 5.41) is 10.9. The number of guanidine groups is 1. The molecule has 3 rings (SSSR count). The lowest BCUT2D eigenvalue weighted by Crippen LogP contribution is -2.39. The number of hydrogen-bond acceptors (Lipinski definition) is 4. The smallest absolute Gasteiger partial charge is 0.191 e. The summed E-state index contributed by atoms with van der Waals surface area (Å²) in [6.45, 7) is 4.78. The van der Waals surface area contributed by atoms with Gasteiger partial charge in [-0.05, 0) is 43.7 Å². The van der Waals surface area contributed by atoms with Crippen molar-refractivity contribution in [3.8, 4) is 5.69 Å². The molecule has 0 saturated carbocycles. The van der Waals surface area contributed by atoms with E-state index in [1.165, 1.54) is 0 Å². The largest absolute Gasteiger partial charge is 0.355 e. The quantitative estimate of drug-likeness (QED) is 0.449. The van der Waals surface area contributed by atoms with E-state index in [-0.39, 0.29) is 12.3 Å². The summed E-state index contributed by atoms with van der Waals surface area (Å²) in [5.41, 5.74) is 4.09. The van der Waals surface area contributed by atoms with Crippen molar-refractivity contribution in [3.63, 3.8) is 0 Å². The predicted molar refractivity (Wildman–Crippen MR) is 120 cm³/mol. The van der Waals surface area contributed by atoms with Crippen LogP contribution in [0.1, 0.15) is 17.0 Å². The van der Waals surface area contributed by atoms with Gasteiger partial charge in [-0.2, -0.15) is 5.10 Å². The first-order chi connectivity index (χ1) is 14.4. The molecule has 0 saturated heterocycles. The summed E-state index contributed by atoms with van der Waals surface area (Å²) in [6.07, 6.45) is 0. The Kier molecular flexibility index (Phi) is 6.89. The highest BCUT2D eigenvalue weighted by Gasteiger charge is 2.14. The van der Waals surface area contributed by atoms with Crippen LogP contribution in [0.2, 0.25) is 0 Å². The maximum absolute atomic E-state index is 12.4. The van der Waals surface area contributed by atoms with Gasteiger partial charge in [0.25, 0.3) is 0 Å². The Balaban J connectivity index is 1.61. The lowest BCUT2D eigenvalue weighted by Gasteiger charge is -2.15. The summed E-state index contributed by atoms with van der Waals surface area (Å²) in [4.78, 5) is 4.52. The number of benzene rings is 2. The third kappa shape index (κ3) is 5.27. The Hall–Kier alpha value is -3.13. The topological polar surface area (TPSA) is 88.4 Å². The molecule has 0 aliphatic heterocycles. The van der Waals surface area contributed by atoms with Crippen molar-refractivity contribution in [1.82, 2.24) is 20.4 Å². The highest BCUT2D eigenvalue weighted by molar-refractivity contribution is 7.91. The van der Waals surface area contributed by atoms with Crippen molar-refractivity contribution in [1.29, 1.82) is 0 Å². The second kappa shape index (κ2) is 9.58. The highest BCUT2D eigenvalue weighted by atomic mass is 32.2. The van der Waals surface area contributed by atoms with Gasteiger partial charge >= 0.3 is 0 Å². The lowest BCUT2D eigenvalue weighted by molar-refractivity contribution is 0.594. The number of hydrogen-bond donors (Lipinski definition) is 2. The summed E-state index contributed by atoms with van der Waals surface area (Å²) in [5.74, 6) is 0.529. The minimum absolute atomic E-state index is 0.0138. The van der Waals surface area contributed by atoms with Crippen LogP contribution in [0.5, 0.6) is 0 Å². The Morgan fingerprint density at radius 3 is 2.40 bits per heavy atom. The number of aryl methyl sites for hydroxylation is 2. The molecule has 0 unspecified atom stereocenters. The molecule has 2 N–H and O–H groups in total. The van der Waals surface area contributed by atoms with E-state index in [4.69, 9.17) is 0 Å². The second-order valence-electron chi connectivity index (χ2n) is 6.95. The molecule has 0 radical (unpaired) electrons. The van der Waals surface area contributed by atoms with E-state index in [0.29, 0.717) is 17.4 Å². The molecule has 7 nitrogen and oxygen atoms in total. The average Bonchev–Trinajstić information content (AvgIpc) is 3.09. The second-order valence-corrected chi connectivity index (χ2v) is 9.06. The fourth-order valence-corrected chi connectivity index (χ4v) is 4.37. The SMILES string of the molecule is CN=C(NCCS(=O)(=O)c1ccccc1)NCc1ccccc1-n1nc(C)cc1C. The van der Waals surface area contributed by atoms with Crippen molar-refractivity contribution < 1.29 is 8.42 Å². The van der Waals surface area contributed by atoms with Gasteiger partial charge in [0.05, 0.1) is 22.0 Å². The molecule has 3 aromatic rings. The van der Waals surface area contributed by atoms with Gasteiger partial charge in [0.2, 0.25) is 0 Å². The number of para-hydroxylation sites is 1. The van der Waals surface area contributed by atoms with Gasteiger partial charge in [-0.1, -0.05) is 36.4 Å². The van der Waals surface area contributed by atoms with E-state index < -0.39 is 9.84 Å². The molecule has 1 aromatic heterocycles. The lowest BCUT2D eigenvalue weighted by atomic mass is 10.1. The maximum atomic E-state index is 12.4. The first kappa shape index (κ1) is 21.6. The Labute approximate surface area is 177 Å². The van der Waals surface area contributed by atoms with Crippen molar-refractivity contribution in [2.75, 3.05) is 19.3 Å². The van der Waals surface area contributed by atoms with Gasteiger partial charge in [0, 0.05) is 25.8 Å². The van der Waals surface area contributed by atoms with Crippen LogP contribution in [0.15, 0.2) is 70.6 Å². The first-order valence-electron chi connectivity index (χ1n) is 9.74. The third-order valence-electron chi connectivity index (χ3n) is 4.66. The number of sulfone groups is 1. The molecule has 30 heavy (non-hydrogen) atoms. The first-order valence-corrected chi connectivity index (χ1v) is 11.4. The zero-order chi connectivity index (χ0) is 21.6. The highest BCUT2D eigenvalue weighted by Crippen LogP contribution is 2.17. The Bertz CT molecular complexity index is 1120. The van der Waals surface area contributed by atoms with Crippen LogP contribution in [0, 0.1) is 13.8 Å². The van der Waals surface area contributed by atoms with Gasteiger partial charge in [-0.25, -0.2) is 13.1 Å². The maximum Gasteiger partial charge on any atom is 0.191 e. The van der Waals surface area contributed by atoms with E-state index in [0.717, 1.165) is 22.6 Å². The standard InChI is InChI=1S/C22H27N5O2S/c1-17-15-18(2)27(26-17)21-12-8-7-9-19(21)16-25-22(23-3)24-13-14-30(28,29)20-10-5-4-6-11-20/h4-12,15H,13-14,16H2,1-3H3,(H2,23,24,25). The number of nitrogens with zero attached hydrogens (tertiary/aromatic N) is 3. The zero-order valence-electron chi connectivity index (χ0n) is 17.5. The fraction of sp³-hybridized carbons (Fsp3) is 0.273. The molecule has 8 heteroatoms. The van der Waals surface area contributed by atoms with E-state index in [1.807, 2.05) is 48.9 Å². The van der Waals surface area contributed by atoms with Crippen LogP contribution >= 0.6 is 0 Å². The fourth-order valence-electron chi connectivity index (χ4n) is 3.19. The molecule has 0 atom stereocenters. The molecule has 0 spiro atoms. The summed E-state index contributed by atoms with van der Waals surface area (Å²) >= 11 is 0. The summed E-state index contributed by atoms with van der Waals surface area (Å²) < 4.78 is 26.7. The van der Waals surface area contributed by atoms with Crippen LogP contribution in [0.25, 0.3) is 5.69 Å². The normalized spacial score (nSPS) is 12.0. The van der Waals surface area contributed by atoms with E-state index in [2.05, 4.69) is 20.7 Å². The molecule has 2 aromatic carbocycles. The van der Waals surface area contributed by atoms with Crippen LogP contribution in [0.3, 0.4) is 0 Å². The van der Waals surface area contributed by atoms with E-state index in [9.17, 15) is 8.42 Å². The van der Waals surface area contributed by atoms with Crippen LogP contribution in [0.4, 0.5) is 0 Å². The van der Waals surface area contributed by atoms with E-state index in [1.54, 1.807) is 37.4 Å². The zero-order valence-corrected chi connectivity index (χ0v) is 18.3. The monoisotopic (exact) mass is 425 g/mol. The summed E-state index contributed by atoms with van der Waals surface area (Å²) in [7, 11) is -1.67. The van der Waals surface area contributed by atoms with E-state index >= 15 is 0 Å². The molecule has 0 aliphatic carbocycles. The number of aliphatic imine (C=N–C) groups is 1. The Morgan fingerprint density at radius 2 is 1.73 bits per heavy atom.